The van der Waals surface area contributed by atoms with Crippen molar-refractivity contribution in [1.29, 1.82) is 0 Å². The summed E-state index contributed by atoms with van der Waals surface area (Å²) >= 11 is 0. The van der Waals surface area contributed by atoms with E-state index >= 15 is 0 Å². The Kier molecular flexibility index (Phi) is 3.80. The second-order valence-corrected chi connectivity index (χ2v) is 6.66. The third-order valence-corrected chi connectivity index (χ3v) is 4.85. The Morgan fingerprint density at radius 3 is 2.74 bits per heavy atom. The first-order valence-corrected chi connectivity index (χ1v) is 8.29. The van der Waals surface area contributed by atoms with Crippen LogP contribution < -0.4 is 15.0 Å². The fourth-order valence-corrected chi connectivity index (χ4v) is 3.63. The zero-order valence-corrected chi connectivity index (χ0v) is 14.6. The first-order chi connectivity index (χ1) is 12.8. The molecule has 2 aromatic rings. The third kappa shape index (κ3) is 2.68. The molecule has 27 heavy (non-hydrogen) atoms. The lowest BCUT2D eigenvalue weighted by Gasteiger charge is -2.50. The van der Waals surface area contributed by atoms with Gasteiger partial charge in [0.05, 0.1) is 24.4 Å². The van der Waals surface area contributed by atoms with Crippen LogP contribution in [0.15, 0.2) is 36.4 Å². The molecule has 2 aromatic carbocycles. The Bertz CT molecular complexity index is 965. The molecule has 0 saturated carbocycles. The smallest absolute Gasteiger partial charge is 0.337 e. The fraction of sp³-hybridized carbons (Fsp3) is 0.263. The molecule has 2 aliphatic rings. The van der Waals surface area contributed by atoms with Crippen LogP contribution in [-0.4, -0.2) is 24.8 Å². The van der Waals surface area contributed by atoms with Gasteiger partial charge in [-0.1, -0.05) is 0 Å². The third-order valence-electron chi connectivity index (χ3n) is 4.85. The maximum Gasteiger partial charge on any atom is 0.337 e. The summed E-state index contributed by atoms with van der Waals surface area (Å²) < 4.78 is 37.7. The number of hydrogen-bond acceptors (Lipinski definition) is 4. The molecule has 1 N–H and O–H groups in total. The molecule has 0 spiro atoms. The van der Waals surface area contributed by atoms with Crippen LogP contribution in [0.25, 0.3) is 0 Å². The number of nitrogens with one attached hydrogen (secondary N) is 1. The number of methoxy groups -OCH3 is 1. The summed E-state index contributed by atoms with van der Waals surface area (Å²) in [5, 5.41) is 2.83. The Morgan fingerprint density at radius 1 is 1.26 bits per heavy atom. The Morgan fingerprint density at radius 2 is 2.04 bits per heavy atom. The van der Waals surface area contributed by atoms with E-state index in [-0.39, 0.29) is 5.69 Å². The summed E-state index contributed by atoms with van der Waals surface area (Å²) in [7, 11) is 1.29. The number of amides is 2. The summed E-state index contributed by atoms with van der Waals surface area (Å²) in [6, 6.07) is 7.17. The molecular formula is C19H16F2N2O4. The summed E-state index contributed by atoms with van der Waals surface area (Å²) in [4.78, 5) is 25.8. The minimum absolute atomic E-state index is 0.182. The molecular weight excluding hydrogens is 358 g/mol. The highest BCUT2D eigenvalue weighted by Crippen LogP contribution is 2.45. The van der Waals surface area contributed by atoms with Crippen LogP contribution in [0.5, 0.6) is 5.75 Å². The molecule has 140 valence electrons. The second kappa shape index (κ2) is 5.94. The predicted molar refractivity (Wildman–Crippen MR) is 91.5 cm³/mol. The van der Waals surface area contributed by atoms with Gasteiger partial charge in [-0.15, -0.1) is 0 Å². The Hall–Kier alpha value is -3.16. The molecule has 6 nitrogen and oxygen atoms in total. The van der Waals surface area contributed by atoms with Gasteiger partial charge in [0, 0.05) is 18.1 Å². The average Bonchev–Trinajstić information content (AvgIpc) is 2.63. The van der Waals surface area contributed by atoms with Gasteiger partial charge in [0.25, 0.3) is 0 Å². The quantitative estimate of drug-likeness (QED) is 0.817. The molecule has 0 unspecified atom stereocenters. The van der Waals surface area contributed by atoms with Crippen molar-refractivity contribution >= 4 is 17.7 Å². The van der Waals surface area contributed by atoms with Gasteiger partial charge in [-0.05, 0) is 37.3 Å². The normalized spacial score (nSPS) is 23.2. The molecule has 2 amide bonds. The average molecular weight is 374 g/mol. The molecule has 0 aromatic heterocycles. The van der Waals surface area contributed by atoms with E-state index in [0.717, 1.165) is 12.1 Å². The minimum atomic E-state index is -1.10. The van der Waals surface area contributed by atoms with Crippen molar-refractivity contribution < 1.29 is 27.8 Å². The van der Waals surface area contributed by atoms with Gasteiger partial charge in [0.1, 0.15) is 5.75 Å². The van der Waals surface area contributed by atoms with Gasteiger partial charge in [0.15, 0.2) is 17.4 Å². The van der Waals surface area contributed by atoms with Gasteiger partial charge in [-0.3, -0.25) is 4.90 Å². The van der Waals surface area contributed by atoms with Crippen LogP contribution in [0.1, 0.15) is 35.3 Å². The first kappa shape index (κ1) is 17.3. The Labute approximate surface area is 153 Å². The van der Waals surface area contributed by atoms with E-state index < -0.39 is 35.4 Å². The van der Waals surface area contributed by atoms with Crippen molar-refractivity contribution in [2.75, 3.05) is 12.0 Å². The number of hydrogen-bond donors (Lipinski definition) is 1. The number of nitrogens with zero attached hydrogens (tertiary/aromatic N) is 1. The molecule has 2 atom stereocenters. The number of ether oxygens (including phenoxy) is 2. The SMILES string of the molecule is COC(=O)c1ccc2c(c1)[C@H]1C[C@@](C)(O2)N(c2ccc(F)c(F)c2)C(=O)N1. The largest absolute Gasteiger partial charge is 0.467 e. The number of esters is 1. The van der Waals surface area contributed by atoms with E-state index in [0.29, 0.717) is 23.3 Å². The molecule has 4 rings (SSSR count). The molecule has 8 heteroatoms. The van der Waals surface area contributed by atoms with E-state index in [9.17, 15) is 18.4 Å². The molecule has 1 fully saturated rings. The van der Waals surface area contributed by atoms with E-state index in [1.54, 1.807) is 25.1 Å². The van der Waals surface area contributed by atoms with Crippen LogP contribution in [0, 0.1) is 11.6 Å². The van der Waals surface area contributed by atoms with Crippen LogP contribution in [0.2, 0.25) is 0 Å². The standard InChI is InChI=1S/C19H16F2N2O4/c1-19-9-15(12-7-10(17(24)26-2)3-6-16(12)27-19)22-18(25)23(19)11-4-5-13(20)14(21)8-11/h3-8,15H,9H2,1-2H3,(H,22,25)/t15-,19-/m1/s1. The zero-order valence-electron chi connectivity index (χ0n) is 14.6. The van der Waals surface area contributed by atoms with E-state index in [2.05, 4.69) is 5.32 Å². The molecule has 0 aliphatic carbocycles. The highest BCUT2D eigenvalue weighted by Gasteiger charge is 2.50. The monoisotopic (exact) mass is 374 g/mol. The molecule has 2 heterocycles. The van der Waals surface area contributed by atoms with Crippen LogP contribution >= 0.6 is 0 Å². The molecule has 0 radical (unpaired) electrons. The summed E-state index contributed by atoms with van der Waals surface area (Å²) in [5.74, 6) is -2.04. The number of rotatable bonds is 2. The van der Waals surface area contributed by atoms with E-state index in [1.165, 1.54) is 18.1 Å². The number of carbonyl (C=O) groups excluding carboxylic acids is 2. The Balaban J connectivity index is 1.76. The van der Waals surface area contributed by atoms with Gasteiger partial charge < -0.3 is 14.8 Å². The van der Waals surface area contributed by atoms with Crippen molar-refractivity contribution in [2.24, 2.45) is 0 Å². The fourth-order valence-electron chi connectivity index (χ4n) is 3.63. The number of carbonyl (C=O) groups is 2. The number of halogens is 2. The summed E-state index contributed by atoms with van der Waals surface area (Å²) in [6.07, 6.45) is 0.357. The number of benzene rings is 2. The van der Waals surface area contributed by atoms with Crippen LogP contribution in [-0.2, 0) is 4.74 Å². The van der Waals surface area contributed by atoms with Gasteiger partial charge >= 0.3 is 12.0 Å². The van der Waals surface area contributed by atoms with Crippen molar-refractivity contribution in [3.05, 3.63) is 59.2 Å². The van der Waals surface area contributed by atoms with Crippen LogP contribution in [0.3, 0.4) is 0 Å². The highest BCUT2D eigenvalue weighted by atomic mass is 19.2. The lowest BCUT2D eigenvalue weighted by atomic mass is 9.89. The molecule has 2 aliphatic heterocycles. The number of urea groups is 1. The van der Waals surface area contributed by atoms with Crippen molar-refractivity contribution in [2.45, 2.75) is 25.1 Å². The van der Waals surface area contributed by atoms with Crippen molar-refractivity contribution in [1.82, 2.24) is 5.32 Å². The lowest BCUT2D eigenvalue weighted by Crippen LogP contribution is -2.65. The van der Waals surface area contributed by atoms with Crippen molar-refractivity contribution in [3.63, 3.8) is 0 Å². The summed E-state index contributed by atoms with van der Waals surface area (Å²) in [6.45, 7) is 1.71. The van der Waals surface area contributed by atoms with Crippen LogP contribution in [0.4, 0.5) is 19.3 Å². The second-order valence-electron chi connectivity index (χ2n) is 6.66. The maximum absolute atomic E-state index is 13.7. The number of fused-ring (bicyclic) bond motifs is 4. The van der Waals surface area contributed by atoms with Gasteiger partial charge in [-0.25, -0.2) is 18.4 Å². The molecule has 2 bridgehead atoms. The molecule has 1 saturated heterocycles. The lowest BCUT2D eigenvalue weighted by molar-refractivity contribution is 0.0377. The van der Waals surface area contributed by atoms with Gasteiger partial charge in [-0.2, -0.15) is 0 Å². The first-order valence-electron chi connectivity index (χ1n) is 8.29. The zero-order chi connectivity index (χ0) is 19.3. The van der Waals surface area contributed by atoms with E-state index in [1.807, 2.05) is 0 Å². The maximum atomic E-state index is 13.7. The highest BCUT2D eigenvalue weighted by molar-refractivity contribution is 5.95. The topological polar surface area (TPSA) is 67.9 Å². The van der Waals surface area contributed by atoms with E-state index in [4.69, 9.17) is 9.47 Å². The van der Waals surface area contributed by atoms with Gasteiger partial charge in [0.2, 0.25) is 0 Å². The number of anilines is 1. The minimum Gasteiger partial charge on any atom is -0.467 e. The summed E-state index contributed by atoms with van der Waals surface area (Å²) in [5.41, 5.74) is 0.0909. The predicted octanol–water partition coefficient (Wildman–Crippen LogP) is 3.52. The van der Waals surface area contributed by atoms with Crippen molar-refractivity contribution in [3.8, 4) is 5.75 Å².